The Bertz CT molecular complexity index is 457. The molecule has 1 rings (SSSR count). The monoisotopic (exact) mass is 314 g/mol. The highest BCUT2D eigenvalue weighted by Gasteiger charge is 2.45. The van der Waals surface area contributed by atoms with Crippen molar-refractivity contribution in [1.82, 2.24) is 4.90 Å². The van der Waals surface area contributed by atoms with E-state index >= 15 is 0 Å². The number of nitrogens with zero attached hydrogens (tertiary/aromatic N) is 2. The summed E-state index contributed by atoms with van der Waals surface area (Å²) >= 11 is 0. The highest BCUT2D eigenvalue weighted by Crippen LogP contribution is 2.61. The minimum absolute atomic E-state index is 0.106. The van der Waals surface area contributed by atoms with Crippen molar-refractivity contribution in [3.63, 3.8) is 0 Å². The fourth-order valence-corrected chi connectivity index (χ4v) is 4.16. The molecular formula is C8H16N2O7P2. The molecule has 1 heterocycles. The van der Waals surface area contributed by atoms with E-state index in [1.54, 1.807) is 13.1 Å². The third-order valence-electron chi connectivity index (χ3n) is 2.59. The van der Waals surface area contributed by atoms with Gasteiger partial charge in [0.1, 0.15) is 11.9 Å². The summed E-state index contributed by atoms with van der Waals surface area (Å²) in [6.45, 7) is 0.437. The normalized spacial score (nSPS) is 18.7. The number of rotatable bonds is 5. The van der Waals surface area contributed by atoms with Crippen LogP contribution in [0.25, 0.3) is 0 Å². The van der Waals surface area contributed by atoms with Gasteiger partial charge >= 0.3 is 15.2 Å². The number of likely N-dealkylation sites (N-methyl/N-ethyl adjacent to an activating group) is 1. The van der Waals surface area contributed by atoms with Crippen molar-refractivity contribution in [3.8, 4) is 0 Å². The molecule has 1 aliphatic rings. The average Bonchev–Trinajstić information content (AvgIpc) is 2.23. The first-order valence-electron chi connectivity index (χ1n) is 5.26. The summed E-state index contributed by atoms with van der Waals surface area (Å²) in [5.41, 5.74) is 0. The summed E-state index contributed by atoms with van der Waals surface area (Å²) in [5.74, 6) is 0.106. The molecule has 0 aromatic carbocycles. The van der Waals surface area contributed by atoms with Crippen molar-refractivity contribution in [2.75, 3.05) is 13.6 Å². The van der Waals surface area contributed by atoms with Crippen molar-refractivity contribution >= 4 is 21.0 Å². The van der Waals surface area contributed by atoms with E-state index < -0.39 is 33.1 Å². The quantitative estimate of drug-likeness (QED) is 0.417. The molecule has 0 spiro atoms. The summed E-state index contributed by atoms with van der Waals surface area (Å²) in [5, 5.41) is 7.61. The van der Waals surface area contributed by atoms with Gasteiger partial charge in [-0.25, -0.2) is 4.99 Å². The molecule has 11 heteroatoms. The average molecular weight is 314 g/mol. The van der Waals surface area contributed by atoms with E-state index in [1.807, 2.05) is 0 Å². The van der Waals surface area contributed by atoms with Gasteiger partial charge in [-0.15, -0.1) is 0 Å². The molecule has 0 saturated carbocycles. The van der Waals surface area contributed by atoms with Crippen molar-refractivity contribution in [3.05, 3.63) is 12.3 Å². The van der Waals surface area contributed by atoms with Crippen LogP contribution in [-0.4, -0.2) is 60.5 Å². The Hall–Kier alpha value is -0.530. The Labute approximate surface area is 109 Å². The molecule has 0 fully saturated rings. The Morgan fingerprint density at radius 3 is 2.26 bits per heavy atom. The third kappa shape index (κ3) is 4.50. The van der Waals surface area contributed by atoms with Crippen molar-refractivity contribution in [2.45, 2.75) is 17.9 Å². The first kappa shape index (κ1) is 16.5. The molecular weight excluding hydrogens is 298 g/mol. The highest BCUT2D eigenvalue weighted by molar-refractivity contribution is 7.70. The van der Waals surface area contributed by atoms with E-state index in [1.165, 1.54) is 11.1 Å². The van der Waals surface area contributed by atoms with Crippen LogP contribution in [0.4, 0.5) is 0 Å². The minimum Gasteiger partial charge on any atom is -0.385 e. The number of hydrogen-bond acceptors (Lipinski definition) is 5. The van der Waals surface area contributed by atoms with Crippen LogP contribution in [-0.2, 0) is 9.13 Å². The Kier molecular flexibility index (Phi) is 5.08. The maximum Gasteiger partial charge on any atom is 0.340 e. The minimum atomic E-state index is -5.04. The molecule has 0 aromatic heterocycles. The maximum atomic E-state index is 11.1. The molecule has 110 valence electrons. The van der Waals surface area contributed by atoms with Crippen LogP contribution in [0, 0.1) is 0 Å². The summed E-state index contributed by atoms with van der Waals surface area (Å²) in [4.78, 5) is 41.2. The van der Waals surface area contributed by atoms with Gasteiger partial charge in [0.25, 0.3) is 0 Å². The standard InChI is InChI=1S/C8H16N2O7P2/c1-10-4-2-3-9-8(10)6(11)5-7(18(12,13)14)19(15,16)17/h2-3,6-7,11H,4-5H2,1H3,(H2,12,13,14)(H2,15,16,17). The van der Waals surface area contributed by atoms with Crippen LogP contribution in [0.5, 0.6) is 0 Å². The van der Waals surface area contributed by atoms with Crippen LogP contribution >= 0.6 is 15.2 Å². The molecule has 0 aliphatic carbocycles. The smallest absolute Gasteiger partial charge is 0.340 e. The van der Waals surface area contributed by atoms with E-state index in [-0.39, 0.29) is 5.84 Å². The van der Waals surface area contributed by atoms with Gasteiger partial charge in [0.15, 0.2) is 5.40 Å². The maximum absolute atomic E-state index is 11.1. The predicted octanol–water partition coefficient (Wildman–Crippen LogP) is -0.724. The summed E-state index contributed by atoms with van der Waals surface area (Å²) < 4.78 is 22.2. The fourth-order valence-electron chi connectivity index (χ4n) is 1.64. The molecule has 0 radical (unpaired) electrons. The fraction of sp³-hybridized carbons (Fsp3) is 0.625. The van der Waals surface area contributed by atoms with Crippen molar-refractivity contribution < 1.29 is 33.8 Å². The second kappa shape index (κ2) is 5.85. The predicted molar refractivity (Wildman–Crippen MR) is 67.7 cm³/mol. The highest BCUT2D eigenvalue weighted by atomic mass is 31.2. The van der Waals surface area contributed by atoms with E-state index in [0.717, 1.165) is 0 Å². The van der Waals surface area contributed by atoms with Gasteiger partial charge in [-0.3, -0.25) is 9.13 Å². The largest absolute Gasteiger partial charge is 0.385 e. The summed E-state index contributed by atoms with van der Waals surface area (Å²) in [6.07, 6.45) is 0.855. The van der Waals surface area contributed by atoms with Gasteiger partial charge in [0.05, 0.1) is 0 Å². The molecule has 19 heavy (non-hydrogen) atoms. The molecule has 0 bridgehead atoms. The van der Waals surface area contributed by atoms with Crippen LogP contribution in [0.3, 0.4) is 0 Å². The van der Waals surface area contributed by atoms with Gasteiger partial charge in [-0.1, -0.05) is 0 Å². The SMILES string of the molecule is CN1CC=CN=C1C(O)CC(P(=O)(O)O)P(=O)(O)O. The van der Waals surface area contributed by atoms with Crippen molar-refractivity contribution in [1.29, 1.82) is 0 Å². The van der Waals surface area contributed by atoms with Crippen LogP contribution in [0.15, 0.2) is 17.3 Å². The lowest BCUT2D eigenvalue weighted by atomic mass is 10.2. The van der Waals surface area contributed by atoms with E-state index in [2.05, 4.69) is 4.99 Å². The zero-order chi connectivity index (χ0) is 14.8. The number of amidine groups is 1. The van der Waals surface area contributed by atoms with Gasteiger partial charge in [-0.05, 0) is 6.08 Å². The summed E-state index contributed by atoms with van der Waals surface area (Å²) in [7, 11) is -8.48. The molecule has 9 nitrogen and oxygen atoms in total. The lowest BCUT2D eigenvalue weighted by Crippen LogP contribution is -2.39. The lowest BCUT2D eigenvalue weighted by molar-refractivity contribution is 0.209. The molecule has 0 amide bonds. The number of aliphatic imine (C=N–C) groups is 1. The lowest BCUT2D eigenvalue weighted by Gasteiger charge is -2.28. The number of aliphatic hydroxyl groups is 1. The Morgan fingerprint density at radius 1 is 1.32 bits per heavy atom. The van der Waals surface area contributed by atoms with E-state index in [4.69, 9.17) is 19.6 Å². The topological polar surface area (TPSA) is 151 Å². The number of hydrogen-bond donors (Lipinski definition) is 5. The molecule has 0 aromatic rings. The van der Waals surface area contributed by atoms with Gasteiger partial charge in [-0.2, -0.15) is 0 Å². The van der Waals surface area contributed by atoms with E-state index in [0.29, 0.717) is 6.54 Å². The van der Waals surface area contributed by atoms with Gasteiger partial charge in [0, 0.05) is 26.2 Å². The van der Waals surface area contributed by atoms with Gasteiger partial charge < -0.3 is 29.6 Å². The molecule has 1 aliphatic heterocycles. The van der Waals surface area contributed by atoms with Crippen LogP contribution in [0.1, 0.15) is 6.42 Å². The first-order chi connectivity index (χ1) is 8.53. The first-order valence-corrected chi connectivity index (χ1v) is 8.62. The van der Waals surface area contributed by atoms with Crippen LogP contribution in [0.2, 0.25) is 0 Å². The second-order valence-electron chi connectivity index (χ2n) is 4.16. The second-order valence-corrected chi connectivity index (χ2v) is 8.17. The van der Waals surface area contributed by atoms with E-state index in [9.17, 15) is 14.2 Å². The van der Waals surface area contributed by atoms with Gasteiger partial charge in [0.2, 0.25) is 0 Å². The summed E-state index contributed by atoms with van der Waals surface area (Å²) in [6, 6.07) is 0. The number of aliphatic hydroxyl groups excluding tert-OH is 1. The Morgan fingerprint density at radius 2 is 1.84 bits per heavy atom. The molecule has 0 saturated heterocycles. The zero-order valence-corrected chi connectivity index (χ0v) is 11.9. The zero-order valence-electron chi connectivity index (χ0n) is 10.1. The molecule has 1 unspecified atom stereocenters. The molecule has 5 N–H and O–H groups in total. The van der Waals surface area contributed by atoms with Crippen molar-refractivity contribution in [2.24, 2.45) is 4.99 Å². The molecule has 1 atom stereocenters. The van der Waals surface area contributed by atoms with Crippen LogP contribution < -0.4 is 0 Å². The third-order valence-corrected chi connectivity index (χ3v) is 6.37. The Balaban J connectivity index is 2.92.